The number of nitrogens with zero attached hydrogens (tertiary/aromatic N) is 6. The Morgan fingerprint density at radius 2 is 1.86 bits per heavy atom. The molecule has 0 aliphatic carbocycles. The second kappa shape index (κ2) is 9.66. The molecule has 2 aliphatic rings. The average molecular weight is 520 g/mol. The third-order valence-electron chi connectivity index (χ3n) is 7.12. The number of nitrogens with one attached hydrogen (secondary N) is 1. The first-order chi connectivity index (χ1) is 17.9. The number of hydrogen-bond acceptors (Lipinski definition) is 8. The molecule has 0 radical (unpaired) electrons. The van der Waals surface area contributed by atoms with Crippen molar-refractivity contribution in [2.45, 2.75) is 27.3 Å². The molecule has 0 atom stereocenters. The minimum Gasteiger partial charge on any atom is -0.378 e. The molecule has 3 aromatic heterocycles. The number of anilines is 1. The first-order valence-corrected chi connectivity index (χ1v) is 13.8. The third kappa shape index (κ3) is 4.81. The fourth-order valence-corrected chi connectivity index (χ4v) is 6.27. The number of carbonyl (C=O) groups excluding carboxylic acids is 1. The van der Waals surface area contributed by atoms with Gasteiger partial charge in [0, 0.05) is 67.1 Å². The van der Waals surface area contributed by atoms with Crippen LogP contribution < -0.4 is 4.90 Å². The number of aromatic amines is 1. The SMILES string of the molecule is CC(C)(C)C(=O)N1CCN(Cc2cc3nc(-c4cccc5[nH]ncc45)nc(N4CCOCC4)c3s2)CC1. The summed E-state index contributed by atoms with van der Waals surface area (Å²) in [5.74, 6) is 1.94. The van der Waals surface area contributed by atoms with E-state index < -0.39 is 0 Å². The number of hydrogen-bond donors (Lipinski definition) is 1. The maximum atomic E-state index is 12.7. The summed E-state index contributed by atoms with van der Waals surface area (Å²) in [6.45, 7) is 13.2. The van der Waals surface area contributed by atoms with Crippen LogP contribution in [0.4, 0.5) is 5.82 Å². The standard InChI is InChI=1S/C27H33N7O2S/c1-27(2,3)26(35)34-9-7-32(8-10-34)17-18-15-22-23(37-18)25(33-11-13-36-14-12-33)30-24(29-22)19-5-4-6-21-20(19)16-28-31-21/h4-6,15-16H,7-14,17H2,1-3H3,(H,28,31). The molecular formula is C27H33N7O2S. The Hall–Kier alpha value is -3.08. The molecule has 2 saturated heterocycles. The summed E-state index contributed by atoms with van der Waals surface area (Å²) < 4.78 is 6.75. The first kappa shape index (κ1) is 24.3. The quantitative estimate of drug-likeness (QED) is 0.439. The first-order valence-electron chi connectivity index (χ1n) is 12.9. The minimum atomic E-state index is -0.333. The second-order valence-electron chi connectivity index (χ2n) is 10.9. The maximum Gasteiger partial charge on any atom is 0.228 e. The van der Waals surface area contributed by atoms with Gasteiger partial charge in [-0.15, -0.1) is 11.3 Å². The highest BCUT2D eigenvalue weighted by Crippen LogP contribution is 2.36. The molecule has 0 spiro atoms. The van der Waals surface area contributed by atoms with Crippen molar-refractivity contribution in [3.05, 3.63) is 35.3 Å². The van der Waals surface area contributed by atoms with Gasteiger partial charge in [0.15, 0.2) is 11.6 Å². The van der Waals surface area contributed by atoms with Gasteiger partial charge in [-0.2, -0.15) is 5.10 Å². The van der Waals surface area contributed by atoms with Gasteiger partial charge >= 0.3 is 0 Å². The van der Waals surface area contributed by atoms with E-state index in [0.717, 1.165) is 84.1 Å². The Morgan fingerprint density at radius 3 is 2.62 bits per heavy atom. The fraction of sp³-hybridized carbons (Fsp3) is 0.481. The summed E-state index contributed by atoms with van der Waals surface area (Å²) >= 11 is 1.78. The van der Waals surface area contributed by atoms with Crippen LogP contribution in [0.25, 0.3) is 32.5 Å². The lowest BCUT2D eigenvalue weighted by atomic mass is 9.94. The molecule has 10 heteroatoms. The van der Waals surface area contributed by atoms with Gasteiger partial charge in [0.1, 0.15) is 0 Å². The highest BCUT2D eigenvalue weighted by atomic mass is 32.1. The molecule has 1 N–H and O–H groups in total. The largest absolute Gasteiger partial charge is 0.378 e. The molecule has 5 heterocycles. The van der Waals surface area contributed by atoms with Crippen LogP contribution >= 0.6 is 11.3 Å². The lowest BCUT2D eigenvalue weighted by molar-refractivity contribution is -0.141. The number of H-pyrrole nitrogens is 1. The Labute approximate surface area is 220 Å². The van der Waals surface area contributed by atoms with E-state index in [1.54, 1.807) is 11.3 Å². The number of fused-ring (bicyclic) bond motifs is 2. The summed E-state index contributed by atoms with van der Waals surface area (Å²) in [5, 5.41) is 8.30. The van der Waals surface area contributed by atoms with E-state index in [-0.39, 0.29) is 11.3 Å². The van der Waals surface area contributed by atoms with Gasteiger partial charge in [-0.25, -0.2) is 9.97 Å². The van der Waals surface area contributed by atoms with Crippen molar-refractivity contribution in [1.82, 2.24) is 30.0 Å². The van der Waals surface area contributed by atoms with E-state index in [0.29, 0.717) is 13.2 Å². The molecule has 37 heavy (non-hydrogen) atoms. The van der Waals surface area contributed by atoms with Gasteiger partial charge in [-0.3, -0.25) is 14.8 Å². The highest BCUT2D eigenvalue weighted by molar-refractivity contribution is 7.19. The van der Waals surface area contributed by atoms with Crippen LogP contribution in [0.1, 0.15) is 25.6 Å². The summed E-state index contributed by atoms with van der Waals surface area (Å²) in [7, 11) is 0. The van der Waals surface area contributed by atoms with Crippen LogP contribution in [-0.2, 0) is 16.1 Å². The highest BCUT2D eigenvalue weighted by Gasteiger charge is 2.30. The van der Waals surface area contributed by atoms with Crippen molar-refractivity contribution in [1.29, 1.82) is 0 Å². The van der Waals surface area contributed by atoms with Gasteiger partial charge in [0.05, 0.1) is 35.1 Å². The van der Waals surface area contributed by atoms with Crippen LogP contribution in [0.5, 0.6) is 0 Å². The van der Waals surface area contributed by atoms with E-state index in [9.17, 15) is 4.79 Å². The molecule has 194 valence electrons. The second-order valence-corrected chi connectivity index (χ2v) is 12.0. The topological polar surface area (TPSA) is 90.5 Å². The number of ether oxygens (including phenoxy) is 1. The molecule has 6 rings (SSSR count). The van der Waals surface area contributed by atoms with Crippen LogP contribution in [0, 0.1) is 5.41 Å². The van der Waals surface area contributed by atoms with Crippen LogP contribution in [0.3, 0.4) is 0 Å². The number of piperazine rings is 1. The molecule has 1 amide bonds. The van der Waals surface area contributed by atoms with E-state index >= 15 is 0 Å². The smallest absolute Gasteiger partial charge is 0.228 e. The number of thiophene rings is 1. The van der Waals surface area contributed by atoms with E-state index in [1.165, 1.54) is 4.88 Å². The Kier molecular flexibility index (Phi) is 6.34. The lowest BCUT2D eigenvalue weighted by Crippen LogP contribution is -2.51. The summed E-state index contributed by atoms with van der Waals surface area (Å²) in [5.41, 5.74) is 2.61. The summed E-state index contributed by atoms with van der Waals surface area (Å²) in [4.78, 5) is 30.9. The monoisotopic (exact) mass is 519 g/mol. The number of benzene rings is 1. The molecule has 0 bridgehead atoms. The number of morpholine rings is 1. The molecule has 0 saturated carbocycles. The van der Waals surface area contributed by atoms with Crippen molar-refractivity contribution in [2.24, 2.45) is 5.41 Å². The molecule has 1 aromatic carbocycles. The minimum absolute atomic E-state index is 0.236. The predicted molar refractivity (Wildman–Crippen MR) is 147 cm³/mol. The van der Waals surface area contributed by atoms with Crippen molar-refractivity contribution in [3.8, 4) is 11.4 Å². The number of aromatic nitrogens is 4. The normalized spacial score (nSPS) is 17.7. The summed E-state index contributed by atoms with van der Waals surface area (Å²) in [6.07, 6.45) is 1.84. The van der Waals surface area contributed by atoms with E-state index in [2.05, 4.69) is 32.1 Å². The van der Waals surface area contributed by atoms with Crippen molar-refractivity contribution in [2.75, 3.05) is 57.4 Å². The van der Waals surface area contributed by atoms with Crippen LogP contribution in [0.15, 0.2) is 30.5 Å². The van der Waals surface area contributed by atoms with Gasteiger partial charge in [0.25, 0.3) is 0 Å². The maximum absolute atomic E-state index is 12.7. The number of amides is 1. The van der Waals surface area contributed by atoms with Crippen LogP contribution in [0.2, 0.25) is 0 Å². The van der Waals surface area contributed by atoms with Gasteiger partial charge in [-0.1, -0.05) is 32.9 Å². The average Bonchev–Trinajstić information content (AvgIpc) is 3.54. The van der Waals surface area contributed by atoms with Crippen molar-refractivity contribution >= 4 is 44.2 Å². The molecular weight excluding hydrogens is 486 g/mol. The summed E-state index contributed by atoms with van der Waals surface area (Å²) in [6, 6.07) is 8.32. The molecule has 2 fully saturated rings. The van der Waals surface area contributed by atoms with Gasteiger partial charge in [0.2, 0.25) is 5.91 Å². The molecule has 4 aromatic rings. The van der Waals surface area contributed by atoms with E-state index in [4.69, 9.17) is 14.7 Å². The third-order valence-corrected chi connectivity index (χ3v) is 8.23. The molecule has 0 unspecified atom stereocenters. The molecule has 9 nitrogen and oxygen atoms in total. The van der Waals surface area contributed by atoms with Crippen molar-refractivity contribution in [3.63, 3.8) is 0 Å². The van der Waals surface area contributed by atoms with Gasteiger partial charge in [-0.05, 0) is 12.1 Å². The fourth-order valence-electron chi connectivity index (χ4n) is 5.12. The zero-order valence-electron chi connectivity index (χ0n) is 21.7. The molecule has 2 aliphatic heterocycles. The Morgan fingerprint density at radius 1 is 1.08 bits per heavy atom. The number of rotatable bonds is 4. The Balaban J connectivity index is 1.30. The van der Waals surface area contributed by atoms with E-state index in [1.807, 2.05) is 44.0 Å². The number of carbonyl (C=O) groups is 1. The van der Waals surface area contributed by atoms with Crippen molar-refractivity contribution < 1.29 is 9.53 Å². The zero-order valence-corrected chi connectivity index (χ0v) is 22.5. The van der Waals surface area contributed by atoms with Crippen LogP contribution in [-0.4, -0.2) is 88.4 Å². The predicted octanol–water partition coefficient (Wildman–Crippen LogP) is 3.76. The Bertz CT molecular complexity index is 1430. The van der Waals surface area contributed by atoms with Gasteiger partial charge < -0.3 is 14.5 Å². The lowest BCUT2D eigenvalue weighted by Gasteiger charge is -2.37. The zero-order chi connectivity index (χ0) is 25.6.